The molecule has 1 aromatic rings. The SMILES string of the molecule is CC(C)CNc1ncsc1C#N. The van der Waals surface area contributed by atoms with Crippen molar-refractivity contribution in [3.8, 4) is 6.07 Å². The van der Waals surface area contributed by atoms with E-state index in [0.29, 0.717) is 10.8 Å². The zero-order chi connectivity index (χ0) is 8.97. The fourth-order valence-electron chi connectivity index (χ4n) is 0.752. The van der Waals surface area contributed by atoms with E-state index in [1.165, 1.54) is 11.3 Å². The van der Waals surface area contributed by atoms with Gasteiger partial charge < -0.3 is 5.32 Å². The van der Waals surface area contributed by atoms with Gasteiger partial charge in [0.1, 0.15) is 10.9 Å². The summed E-state index contributed by atoms with van der Waals surface area (Å²) in [4.78, 5) is 4.71. The minimum absolute atomic E-state index is 0.568. The van der Waals surface area contributed by atoms with E-state index in [9.17, 15) is 0 Å². The maximum Gasteiger partial charge on any atom is 0.155 e. The summed E-state index contributed by atoms with van der Waals surface area (Å²) in [7, 11) is 0. The van der Waals surface area contributed by atoms with Crippen molar-refractivity contribution in [2.75, 3.05) is 11.9 Å². The molecule has 0 bridgehead atoms. The van der Waals surface area contributed by atoms with Crippen LogP contribution in [0.5, 0.6) is 0 Å². The molecule has 0 unspecified atom stereocenters. The lowest BCUT2D eigenvalue weighted by Crippen LogP contribution is -2.08. The van der Waals surface area contributed by atoms with E-state index >= 15 is 0 Å². The summed E-state index contributed by atoms with van der Waals surface area (Å²) in [5, 5.41) is 11.8. The Hall–Kier alpha value is -1.08. The summed E-state index contributed by atoms with van der Waals surface area (Å²) < 4.78 is 0. The van der Waals surface area contributed by atoms with E-state index in [0.717, 1.165) is 12.4 Å². The standard InChI is InChI=1S/C8H11N3S/c1-6(2)4-10-8-7(3-9)12-5-11-8/h5-6,10H,4H2,1-2H3. The van der Waals surface area contributed by atoms with Crippen molar-refractivity contribution in [1.29, 1.82) is 5.26 Å². The summed E-state index contributed by atoms with van der Waals surface area (Å²) in [6, 6.07) is 2.09. The Morgan fingerprint density at radius 1 is 1.75 bits per heavy atom. The van der Waals surface area contributed by atoms with Crippen LogP contribution in [-0.4, -0.2) is 11.5 Å². The Balaban J connectivity index is 2.58. The number of thiazole rings is 1. The zero-order valence-corrected chi connectivity index (χ0v) is 7.98. The molecular weight excluding hydrogens is 170 g/mol. The van der Waals surface area contributed by atoms with Gasteiger partial charge in [0.2, 0.25) is 0 Å². The predicted octanol–water partition coefficient (Wildman–Crippen LogP) is 2.08. The first-order valence-electron chi connectivity index (χ1n) is 3.81. The summed E-state index contributed by atoms with van der Waals surface area (Å²) in [6.07, 6.45) is 0. The molecule has 64 valence electrons. The van der Waals surface area contributed by atoms with Crippen LogP contribution >= 0.6 is 11.3 Å². The second-order valence-corrected chi connectivity index (χ2v) is 3.77. The third kappa shape index (κ3) is 2.21. The maximum absolute atomic E-state index is 8.65. The largest absolute Gasteiger partial charge is 0.368 e. The maximum atomic E-state index is 8.65. The molecule has 0 atom stereocenters. The second-order valence-electron chi connectivity index (χ2n) is 2.92. The Bertz CT molecular complexity index is 285. The summed E-state index contributed by atoms with van der Waals surface area (Å²) in [5.74, 6) is 1.29. The number of rotatable bonds is 3. The first kappa shape index (κ1) is 9.01. The highest BCUT2D eigenvalue weighted by atomic mass is 32.1. The summed E-state index contributed by atoms with van der Waals surface area (Å²) >= 11 is 1.37. The third-order valence-electron chi connectivity index (χ3n) is 1.35. The van der Waals surface area contributed by atoms with Crippen molar-refractivity contribution >= 4 is 17.2 Å². The Morgan fingerprint density at radius 2 is 2.50 bits per heavy atom. The molecule has 0 aromatic carbocycles. The van der Waals surface area contributed by atoms with Gasteiger partial charge in [-0.25, -0.2) is 4.98 Å². The van der Waals surface area contributed by atoms with Gasteiger partial charge >= 0.3 is 0 Å². The molecular formula is C8H11N3S. The minimum Gasteiger partial charge on any atom is -0.368 e. The van der Waals surface area contributed by atoms with Crippen LogP contribution in [0, 0.1) is 17.2 Å². The van der Waals surface area contributed by atoms with Gasteiger partial charge in [0.05, 0.1) is 5.51 Å². The first-order valence-corrected chi connectivity index (χ1v) is 4.69. The van der Waals surface area contributed by atoms with E-state index in [1.807, 2.05) is 0 Å². The van der Waals surface area contributed by atoms with Crippen molar-refractivity contribution in [2.45, 2.75) is 13.8 Å². The fraction of sp³-hybridized carbons (Fsp3) is 0.500. The highest BCUT2D eigenvalue weighted by Gasteiger charge is 2.04. The van der Waals surface area contributed by atoms with Crippen molar-refractivity contribution < 1.29 is 0 Å². The highest BCUT2D eigenvalue weighted by Crippen LogP contribution is 2.16. The Labute approximate surface area is 76.1 Å². The highest BCUT2D eigenvalue weighted by molar-refractivity contribution is 7.10. The number of nitriles is 1. The van der Waals surface area contributed by atoms with E-state index in [4.69, 9.17) is 5.26 Å². The molecule has 0 spiro atoms. The molecule has 0 radical (unpaired) electrons. The molecule has 1 N–H and O–H groups in total. The first-order chi connectivity index (χ1) is 5.74. The van der Waals surface area contributed by atoms with Gasteiger partial charge in [-0.05, 0) is 5.92 Å². The van der Waals surface area contributed by atoms with Crippen LogP contribution in [-0.2, 0) is 0 Å². The van der Waals surface area contributed by atoms with Crippen LogP contribution in [0.2, 0.25) is 0 Å². The van der Waals surface area contributed by atoms with Gasteiger partial charge in [-0.2, -0.15) is 5.26 Å². The normalized spacial score (nSPS) is 9.83. The quantitative estimate of drug-likeness (QED) is 0.776. The van der Waals surface area contributed by atoms with Crippen LogP contribution in [0.3, 0.4) is 0 Å². The van der Waals surface area contributed by atoms with Crippen LogP contribution in [0.25, 0.3) is 0 Å². The van der Waals surface area contributed by atoms with Crippen molar-refractivity contribution in [3.63, 3.8) is 0 Å². The average molecular weight is 181 g/mol. The smallest absolute Gasteiger partial charge is 0.155 e. The van der Waals surface area contributed by atoms with E-state index in [2.05, 4.69) is 30.2 Å². The summed E-state index contributed by atoms with van der Waals surface area (Å²) in [6.45, 7) is 5.09. The third-order valence-corrected chi connectivity index (χ3v) is 2.08. The van der Waals surface area contributed by atoms with Gasteiger partial charge in [0.25, 0.3) is 0 Å². The lowest BCUT2D eigenvalue weighted by atomic mass is 10.2. The van der Waals surface area contributed by atoms with Gasteiger partial charge in [0.15, 0.2) is 5.82 Å². The monoisotopic (exact) mass is 181 g/mol. The molecule has 0 amide bonds. The molecule has 1 aromatic heterocycles. The van der Waals surface area contributed by atoms with Gasteiger partial charge in [-0.3, -0.25) is 0 Å². The second kappa shape index (κ2) is 4.07. The summed E-state index contributed by atoms with van der Waals surface area (Å²) in [5.41, 5.74) is 1.68. The van der Waals surface area contributed by atoms with E-state index in [1.54, 1.807) is 5.51 Å². The molecule has 0 saturated carbocycles. The molecule has 0 saturated heterocycles. The Morgan fingerprint density at radius 3 is 3.08 bits per heavy atom. The van der Waals surface area contributed by atoms with Crippen LogP contribution in [0.15, 0.2) is 5.51 Å². The fourth-order valence-corrected chi connectivity index (χ4v) is 1.30. The molecule has 0 fully saturated rings. The van der Waals surface area contributed by atoms with Gasteiger partial charge in [0, 0.05) is 6.54 Å². The number of aromatic nitrogens is 1. The lowest BCUT2D eigenvalue weighted by molar-refractivity contribution is 0.687. The molecule has 3 nitrogen and oxygen atoms in total. The molecule has 0 aliphatic rings. The molecule has 12 heavy (non-hydrogen) atoms. The molecule has 1 rings (SSSR count). The van der Waals surface area contributed by atoms with Crippen LogP contribution < -0.4 is 5.32 Å². The minimum atomic E-state index is 0.568. The van der Waals surface area contributed by atoms with Gasteiger partial charge in [-0.15, -0.1) is 11.3 Å². The van der Waals surface area contributed by atoms with Crippen molar-refractivity contribution in [3.05, 3.63) is 10.4 Å². The van der Waals surface area contributed by atoms with Crippen molar-refractivity contribution in [1.82, 2.24) is 4.98 Å². The van der Waals surface area contributed by atoms with E-state index < -0.39 is 0 Å². The zero-order valence-electron chi connectivity index (χ0n) is 7.16. The van der Waals surface area contributed by atoms with Gasteiger partial charge in [-0.1, -0.05) is 13.8 Å². The van der Waals surface area contributed by atoms with Crippen molar-refractivity contribution in [2.24, 2.45) is 5.92 Å². The predicted molar refractivity (Wildman–Crippen MR) is 50.2 cm³/mol. The van der Waals surface area contributed by atoms with E-state index in [-0.39, 0.29) is 0 Å². The molecule has 4 heteroatoms. The molecule has 0 aliphatic carbocycles. The number of nitrogens with one attached hydrogen (secondary N) is 1. The number of nitrogens with zero attached hydrogens (tertiary/aromatic N) is 2. The topological polar surface area (TPSA) is 48.7 Å². The van der Waals surface area contributed by atoms with Crippen LogP contribution in [0.1, 0.15) is 18.7 Å². The number of hydrogen-bond acceptors (Lipinski definition) is 4. The average Bonchev–Trinajstić information content (AvgIpc) is 2.47. The lowest BCUT2D eigenvalue weighted by Gasteiger charge is -2.05. The Kier molecular flexibility index (Phi) is 3.06. The molecule has 1 heterocycles. The number of anilines is 1. The molecule has 0 aliphatic heterocycles. The van der Waals surface area contributed by atoms with Crippen LogP contribution in [0.4, 0.5) is 5.82 Å². The number of hydrogen-bond donors (Lipinski definition) is 1.